The van der Waals surface area contributed by atoms with Gasteiger partial charge in [0.25, 0.3) is 0 Å². The summed E-state index contributed by atoms with van der Waals surface area (Å²) in [5.74, 6) is 0.0938. The van der Waals surface area contributed by atoms with E-state index in [1.54, 1.807) is 42.5 Å². The first kappa shape index (κ1) is 14.0. The Balaban J connectivity index is 1.84. The lowest BCUT2D eigenvalue weighted by molar-refractivity contribution is -0.113. The van der Waals surface area contributed by atoms with Gasteiger partial charge in [-0.25, -0.2) is 4.79 Å². The van der Waals surface area contributed by atoms with Crippen LogP contribution >= 0.6 is 23.4 Å². The number of anilines is 1. The van der Waals surface area contributed by atoms with Gasteiger partial charge in [-0.05, 0) is 30.3 Å². The van der Waals surface area contributed by atoms with Crippen LogP contribution in [0.25, 0.3) is 0 Å². The molecule has 0 saturated carbocycles. The van der Waals surface area contributed by atoms with Gasteiger partial charge >= 0.3 is 5.97 Å². The fourth-order valence-electron chi connectivity index (χ4n) is 1.90. The van der Waals surface area contributed by atoms with E-state index < -0.39 is 5.97 Å². The van der Waals surface area contributed by atoms with E-state index in [2.05, 4.69) is 5.32 Å². The SMILES string of the molecule is O=C1CSc2ccc(C(=O)Oc3ccccc3Cl)cc2N1. The van der Waals surface area contributed by atoms with Gasteiger partial charge in [0.05, 0.1) is 22.0 Å². The van der Waals surface area contributed by atoms with Crippen LogP contribution in [0.3, 0.4) is 0 Å². The van der Waals surface area contributed by atoms with E-state index in [1.165, 1.54) is 11.8 Å². The van der Waals surface area contributed by atoms with Gasteiger partial charge in [-0.2, -0.15) is 0 Å². The fourth-order valence-corrected chi connectivity index (χ4v) is 2.86. The Morgan fingerprint density at radius 1 is 1.24 bits per heavy atom. The van der Waals surface area contributed by atoms with Crippen molar-refractivity contribution in [2.24, 2.45) is 0 Å². The maximum Gasteiger partial charge on any atom is 0.343 e. The highest BCUT2D eigenvalue weighted by atomic mass is 35.5. The van der Waals surface area contributed by atoms with Crippen LogP contribution < -0.4 is 10.1 Å². The molecular formula is C15H10ClNO3S. The molecule has 0 aromatic heterocycles. The first-order valence-electron chi connectivity index (χ1n) is 6.17. The topological polar surface area (TPSA) is 55.4 Å². The van der Waals surface area contributed by atoms with Crippen molar-refractivity contribution < 1.29 is 14.3 Å². The number of nitrogens with one attached hydrogen (secondary N) is 1. The summed E-state index contributed by atoms with van der Waals surface area (Å²) in [6, 6.07) is 11.8. The molecule has 0 atom stereocenters. The zero-order valence-corrected chi connectivity index (χ0v) is 12.3. The Morgan fingerprint density at radius 2 is 2.05 bits per heavy atom. The highest BCUT2D eigenvalue weighted by molar-refractivity contribution is 8.00. The second-order valence-electron chi connectivity index (χ2n) is 4.37. The van der Waals surface area contributed by atoms with Crippen LogP contribution in [-0.2, 0) is 4.79 Å². The summed E-state index contributed by atoms with van der Waals surface area (Å²) in [5, 5.41) is 3.10. The molecule has 0 spiro atoms. The van der Waals surface area contributed by atoms with Crippen LogP contribution in [-0.4, -0.2) is 17.6 Å². The summed E-state index contributed by atoms with van der Waals surface area (Å²) in [6.45, 7) is 0. The third kappa shape index (κ3) is 3.04. The average Bonchev–Trinajstić information content (AvgIpc) is 2.48. The summed E-state index contributed by atoms with van der Waals surface area (Å²) >= 11 is 7.39. The zero-order chi connectivity index (χ0) is 14.8. The second-order valence-corrected chi connectivity index (χ2v) is 5.79. The number of halogens is 1. The third-order valence-corrected chi connectivity index (χ3v) is 4.27. The molecule has 0 saturated heterocycles. The number of esters is 1. The first-order chi connectivity index (χ1) is 10.1. The molecule has 0 radical (unpaired) electrons. The van der Waals surface area contributed by atoms with Crippen molar-refractivity contribution in [1.29, 1.82) is 0 Å². The molecule has 2 aromatic rings. The number of ether oxygens (including phenoxy) is 1. The van der Waals surface area contributed by atoms with Crippen molar-refractivity contribution in [3.05, 3.63) is 53.1 Å². The molecule has 0 fully saturated rings. The molecule has 4 nitrogen and oxygen atoms in total. The Labute approximate surface area is 130 Å². The molecule has 1 heterocycles. The molecule has 0 unspecified atom stereocenters. The Hall–Kier alpha value is -1.98. The minimum absolute atomic E-state index is 0.0795. The number of hydrogen-bond donors (Lipinski definition) is 1. The van der Waals surface area contributed by atoms with E-state index in [-0.39, 0.29) is 5.91 Å². The molecule has 2 aromatic carbocycles. The van der Waals surface area contributed by atoms with E-state index in [0.29, 0.717) is 27.8 Å². The van der Waals surface area contributed by atoms with E-state index in [9.17, 15) is 9.59 Å². The van der Waals surface area contributed by atoms with Gasteiger partial charge in [-0.1, -0.05) is 23.7 Å². The van der Waals surface area contributed by atoms with Gasteiger partial charge in [0.2, 0.25) is 5.91 Å². The smallest absolute Gasteiger partial charge is 0.343 e. The summed E-state index contributed by atoms with van der Waals surface area (Å²) in [4.78, 5) is 24.4. The van der Waals surface area contributed by atoms with Gasteiger partial charge in [0.1, 0.15) is 5.75 Å². The number of thioether (sulfide) groups is 1. The summed E-state index contributed by atoms with van der Waals surface area (Å²) in [7, 11) is 0. The maximum atomic E-state index is 12.1. The summed E-state index contributed by atoms with van der Waals surface area (Å²) in [6.07, 6.45) is 0. The fraction of sp³-hybridized carbons (Fsp3) is 0.0667. The lowest BCUT2D eigenvalue weighted by atomic mass is 10.2. The normalized spacial score (nSPS) is 13.3. The minimum Gasteiger partial charge on any atom is -0.421 e. The number of amides is 1. The molecule has 1 amide bonds. The van der Waals surface area contributed by atoms with E-state index in [4.69, 9.17) is 16.3 Å². The molecular weight excluding hydrogens is 310 g/mol. The van der Waals surface area contributed by atoms with Crippen LogP contribution in [0.15, 0.2) is 47.4 Å². The number of hydrogen-bond acceptors (Lipinski definition) is 4. The number of fused-ring (bicyclic) bond motifs is 1. The van der Waals surface area contributed by atoms with Gasteiger partial charge < -0.3 is 10.1 Å². The molecule has 21 heavy (non-hydrogen) atoms. The Morgan fingerprint density at radius 3 is 2.86 bits per heavy atom. The minimum atomic E-state index is -0.518. The second kappa shape index (κ2) is 5.79. The Kier molecular flexibility index (Phi) is 3.86. The number of rotatable bonds is 2. The van der Waals surface area contributed by atoms with Crippen molar-refractivity contribution in [1.82, 2.24) is 0 Å². The monoisotopic (exact) mass is 319 g/mol. The summed E-state index contributed by atoms with van der Waals surface area (Å²) < 4.78 is 5.26. The molecule has 6 heteroatoms. The number of carbonyl (C=O) groups excluding carboxylic acids is 2. The third-order valence-electron chi connectivity index (χ3n) is 2.89. The van der Waals surface area contributed by atoms with Gasteiger partial charge in [0.15, 0.2) is 0 Å². The standard InChI is InChI=1S/C15H10ClNO3S/c16-10-3-1-2-4-12(10)20-15(19)9-5-6-13-11(7-9)17-14(18)8-21-13/h1-7H,8H2,(H,17,18). The summed E-state index contributed by atoms with van der Waals surface area (Å²) in [5.41, 5.74) is 0.987. The van der Waals surface area contributed by atoms with Crippen LogP contribution in [0, 0.1) is 0 Å². The quantitative estimate of drug-likeness (QED) is 0.678. The molecule has 1 N–H and O–H groups in total. The average molecular weight is 320 g/mol. The van der Waals surface area contributed by atoms with Crippen molar-refractivity contribution in [3.63, 3.8) is 0 Å². The predicted octanol–water partition coefficient (Wildman–Crippen LogP) is 3.60. The number of benzene rings is 2. The van der Waals surface area contributed by atoms with Crippen LogP contribution in [0.2, 0.25) is 5.02 Å². The lowest BCUT2D eigenvalue weighted by Gasteiger charge is -2.16. The molecule has 0 bridgehead atoms. The van der Waals surface area contributed by atoms with E-state index >= 15 is 0 Å². The molecule has 0 aliphatic carbocycles. The molecule has 1 aliphatic heterocycles. The van der Waals surface area contributed by atoms with Crippen molar-refractivity contribution in [2.75, 3.05) is 11.1 Å². The predicted molar refractivity (Wildman–Crippen MR) is 82.2 cm³/mol. The number of para-hydroxylation sites is 1. The molecule has 1 aliphatic rings. The van der Waals surface area contributed by atoms with Crippen LogP contribution in [0.1, 0.15) is 10.4 Å². The van der Waals surface area contributed by atoms with Crippen molar-refractivity contribution in [2.45, 2.75) is 4.90 Å². The van der Waals surface area contributed by atoms with Crippen LogP contribution in [0.5, 0.6) is 5.75 Å². The lowest BCUT2D eigenvalue weighted by Crippen LogP contribution is -2.19. The van der Waals surface area contributed by atoms with Crippen LogP contribution in [0.4, 0.5) is 5.69 Å². The van der Waals surface area contributed by atoms with Crippen molar-refractivity contribution in [3.8, 4) is 5.75 Å². The molecule has 3 rings (SSSR count). The van der Waals surface area contributed by atoms with E-state index in [1.807, 2.05) is 0 Å². The molecule has 106 valence electrons. The van der Waals surface area contributed by atoms with Gasteiger partial charge in [-0.3, -0.25) is 4.79 Å². The highest BCUT2D eigenvalue weighted by Crippen LogP contribution is 2.32. The van der Waals surface area contributed by atoms with Crippen molar-refractivity contribution >= 4 is 40.9 Å². The number of carbonyl (C=O) groups is 2. The van der Waals surface area contributed by atoms with E-state index in [0.717, 1.165) is 4.90 Å². The first-order valence-corrected chi connectivity index (χ1v) is 7.53. The largest absolute Gasteiger partial charge is 0.421 e. The Bertz CT molecular complexity index is 733. The zero-order valence-electron chi connectivity index (χ0n) is 10.8. The maximum absolute atomic E-state index is 12.1. The highest BCUT2D eigenvalue weighted by Gasteiger charge is 2.18. The van der Waals surface area contributed by atoms with Gasteiger partial charge in [0, 0.05) is 4.90 Å². The van der Waals surface area contributed by atoms with Gasteiger partial charge in [-0.15, -0.1) is 11.8 Å².